The van der Waals surface area contributed by atoms with Gasteiger partial charge < -0.3 is 9.64 Å². The van der Waals surface area contributed by atoms with Gasteiger partial charge in [-0.3, -0.25) is 4.79 Å². The maximum atomic E-state index is 12.8. The molecule has 0 saturated carbocycles. The number of hydrogen-bond donors (Lipinski definition) is 0. The average molecular weight is 423 g/mol. The summed E-state index contributed by atoms with van der Waals surface area (Å²) in [5, 5.41) is 0.441. The third-order valence-electron chi connectivity index (χ3n) is 4.70. The molecule has 0 spiro atoms. The number of sulfonamides is 1. The minimum atomic E-state index is -3.56. The van der Waals surface area contributed by atoms with E-state index in [9.17, 15) is 13.2 Å². The van der Waals surface area contributed by atoms with Crippen LogP contribution in [0.15, 0.2) is 53.4 Å². The van der Waals surface area contributed by atoms with Crippen molar-refractivity contribution in [2.45, 2.75) is 24.8 Å². The largest absolute Gasteiger partial charge is 0.479 e. The number of amides is 1. The van der Waals surface area contributed by atoms with Gasteiger partial charge in [-0.15, -0.1) is 0 Å². The lowest BCUT2D eigenvalue weighted by atomic mass is 10.2. The standard InChI is InChI=1S/C20H23ClN2O4S/c1-15-7-9-17(10-8-15)28(25,26)23-13-11-22(12-14-23)20(24)16(2)27-19-6-4-3-5-18(19)21/h3-10,16H,11-14H2,1-2H3. The number of nitrogens with zero attached hydrogens (tertiary/aromatic N) is 2. The Morgan fingerprint density at radius 1 is 1.04 bits per heavy atom. The highest BCUT2D eigenvalue weighted by Gasteiger charge is 2.32. The van der Waals surface area contributed by atoms with Gasteiger partial charge in [-0.25, -0.2) is 8.42 Å². The van der Waals surface area contributed by atoms with Gasteiger partial charge in [0.15, 0.2) is 6.10 Å². The molecule has 1 atom stereocenters. The smallest absolute Gasteiger partial charge is 0.263 e. The molecule has 1 unspecified atom stereocenters. The number of piperazine rings is 1. The van der Waals surface area contributed by atoms with Crippen molar-refractivity contribution in [1.82, 2.24) is 9.21 Å². The number of rotatable bonds is 5. The number of carbonyl (C=O) groups excluding carboxylic acids is 1. The SMILES string of the molecule is Cc1ccc(S(=O)(=O)N2CCN(C(=O)C(C)Oc3ccccc3Cl)CC2)cc1. The van der Waals surface area contributed by atoms with Crippen LogP contribution in [-0.4, -0.2) is 55.8 Å². The predicted octanol–water partition coefficient (Wildman–Crippen LogP) is 2.95. The second kappa shape index (κ2) is 8.51. The zero-order chi connectivity index (χ0) is 20.3. The fourth-order valence-corrected chi connectivity index (χ4v) is 4.65. The lowest BCUT2D eigenvalue weighted by Gasteiger charge is -2.35. The zero-order valence-electron chi connectivity index (χ0n) is 15.8. The van der Waals surface area contributed by atoms with E-state index in [1.54, 1.807) is 60.4 Å². The molecule has 8 heteroatoms. The van der Waals surface area contributed by atoms with Crippen LogP contribution in [0.1, 0.15) is 12.5 Å². The van der Waals surface area contributed by atoms with E-state index in [4.69, 9.17) is 16.3 Å². The van der Waals surface area contributed by atoms with Crippen LogP contribution in [-0.2, 0) is 14.8 Å². The van der Waals surface area contributed by atoms with E-state index in [1.807, 2.05) is 6.92 Å². The number of para-hydroxylation sites is 1. The Kier molecular flexibility index (Phi) is 6.27. The highest BCUT2D eigenvalue weighted by Crippen LogP contribution is 2.25. The van der Waals surface area contributed by atoms with E-state index < -0.39 is 16.1 Å². The van der Waals surface area contributed by atoms with Crippen molar-refractivity contribution in [3.8, 4) is 5.75 Å². The van der Waals surface area contributed by atoms with Crippen molar-refractivity contribution in [3.63, 3.8) is 0 Å². The van der Waals surface area contributed by atoms with Gasteiger partial charge in [-0.2, -0.15) is 4.31 Å². The number of benzene rings is 2. The van der Waals surface area contributed by atoms with E-state index in [-0.39, 0.29) is 23.9 Å². The minimum absolute atomic E-state index is 0.188. The summed E-state index contributed by atoms with van der Waals surface area (Å²) in [5.74, 6) is 0.262. The van der Waals surface area contributed by atoms with Crippen molar-refractivity contribution >= 4 is 27.5 Å². The van der Waals surface area contributed by atoms with E-state index in [0.717, 1.165) is 5.56 Å². The van der Waals surface area contributed by atoms with E-state index in [1.165, 1.54) is 4.31 Å². The molecule has 0 aromatic heterocycles. The van der Waals surface area contributed by atoms with Gasteiger partial charge in [0.05, 0.1) is 9.92 Å². The van der Waals surface area contributed by atoms with Gasteiger partial charge in [-0.1, -0.05) is 41.4 Å². The molecule has 0 aliphatic carbocycles. The third-order valence-corrected chi connectivity index (χ3v) is 6.92. The Bertz CT molecular complexity index is 939. The second-order valence-electron chi connectivity index (χ2n) is 6.73. The van der Waals surface area contributed by atoms with Crippen molar-refractivity contribution in [1.29, 1.82) is 0 Å². The lowest BCUT2D eigenvalue weighted by molar-refractivity contribution is -0.139. The summed E-state index contributed by atoms with van der Waals surface area (Å²) in [6, 6.07) is 13.8. The molecule has 0 bridgehead atoms. The Labute approximate surface area is 170 Å². The normalized spacial score (nSPS) is 16.6. The van der Waals surface area contributed by atoms with Crippen LogP contribution in [0.3, 0.4) is 0 Å². The molecule has 1 aliphatic heterocycles. The van der Waals surface area contributed by atoms with Crippen LogP contribution in [0.5, 0.6) is 5.75 Å². The van der Waals surface area contributed by atoms with Crippen LogP contribution in [0.2, 0.25) is 5.02 Å². The topological polar surface area (TPSA) is 66.9 Å². The van der Waals surface area contributed by atoms with Crippen molar-refractivity contribution in [2.24, 2.45) is 0 Å². The maximum Gasteiger partial charge on any atom is 0.263 e. The molecule has 1 fully saturated rings. The number of aryl methyl sites for hydroxylation is 1. The lowest BCUT2D eigenvalue weighted by Crippen LogP contribution is -2.53. The first kappa shape index (κ1) is 20.6. The first-order valence-electron chi connectivity index (χ1n) is 9.06. The van der Waals surface area contributed by atoms with E-state index in [2.05, 4.69) is 0 Å². The summed E-state index contributed by atoms with van der Waals surface area (Å²) in [4.78, 5) is 14.6. The van der Waals surface area contributed by atoms with Crippen LogP contribution < -0.4 is 4.74 Å². The molecule has 1 saturated heterocycles. The quantitative estimate of drug-likeness (QED) is 0.743. The zero-order valence-corrected chi connectivity index (χ0v) is 17.4. The summed E-state index contributed by atoms with van der Waals surface area (Å²) >= 11 is 6.07. The molecular weight excluding hydrogens is 400 g/mol. The fourth-order valence-electron chi connectivity index (χ4n) is 3.05. The number of halogens is 1. The van der Waals surface area contributed by atoms with Gasteiger partial charge in [0.2, 0.25) is 10.0 Å². The van der Waals surface area contributed by atoms with E-state index in [0.29, 0.717) is 23.9 Å². The summed E-state index contributed by atoms with van der Waals surface area (Å²) in [6.45, 7) is 4.72. The van der Waals surface area contributed by atoms with Crippen molar-refractivity contribution in [3.05, 3.63) is 59.1 Å². The first-order chi connectivity index (χ1) is 13.3. The molecular formula is C20H23ClN2O4S. The van der Waals surface area contributed by atoms with E-state index >= 15 is 0 Å². The van der Waals surface area contributed by atoms with Crippen molar-refractivity contribution < 1.29 is 17.9 Å². The summed E-state index contributed by atoms with van der Waals surface area (Å²) in [7, 11) is -3.56. The monoisotopic (exact) mass is 422 g/mol. The number of carbonyl (C=O) groups is 1. The van der Waals surface area contributed by atoms with Crippen LogP contribution in [0.4, 0.5) is 0 Å². The van der Waals surface area contributed by atoms with Crippen LogP contribution >= 0.6 is 11.6 Å². The molecule has 3 rings (SSSR count). The average Bonchev–Trinajstić information content (AvgIpc) is 2.69. The van der Waals surface area contributed by atoms with Crippen LogP contribution in [0, 0.1) is 6.92 Å². The van der Waals surface area contributed by atoms with Crippen LogP contribution in [0.25, 0.3) is 0 Å². The predicted molar refractivity (Wildman–Crippen MR) is 108 cm³/mol. The molecule has 2 aromatic rings. The molecule has 1 aliphatic rings. The Balaban J connectivity index is 1.60. The van der Waals surface area contributed by atoms with Gasteiger partial charge in [0, 0.05) is 26.2 Å². The molecule has 28 heavy (non-hydrogen) atoms. The molecule has 6 nitrogen and oxygen atoms in total. The molecule has 150 valence electrons. The summed E-state index contributed by atoms with van der Waals surface area (Å²) < 4.78 is 32.6. The minimum Gasteiger partial charge on any atom is -0.479 e. The third kappa shape index (κ3) is 4.48. The molecule has 1 heterocycles. The Morgan fingerprint density at radius 2 is 1.64 bits per heavy atom. The maximum absolute atomic E-state index is 12.8. The fraction of sp³-hybridized carbons (Fsp3) is 0.350. The van der Waals surface area contributed by atoms with Gasteiger partial charge >= 0.3 is 0 Å². The summed E-state index contributed by atoms with van der Waals surface area (Å²) in [5.41, 5.74) is 1.00. The second-order valence-corrected chi connectivity index (χ2v) is 9.08. The summed E-state index contributed by atoms with van der Waals surface area (Å²) in [6.07, 6.45) is -0.708. The highest BCUT2D eigenvalue weighted by atomic mass is 35.5. The first-order valence-corrected chi connectivity index (χ1v) is 10.9. The van der Waals surface area contributed by atoms with Gasteiger partial charge in [-0.05, 0) is 38.1 Å². The highest BCUT2D eigenvalue weighted by molar-refractivity contribution is 7.89. The number of ether oxygens (including phenoxy) is 1. The number of hydrogen-bond acceptors (Lipinski definition) is 4. The Hall–Kier alpha value is -2.09. The molecule has 2 aromatic carbocycles. The molecule has 0 N–H and O–H groups in total. The Morgan fingerprint density at radius 3 is 2.25 bits per heavy atom. The van der Waals surface area contributed by atoms with Gasteiger partial charge in [0.1, 0.15) is 5.75 Å². The van der Waals surface area contributed by atoms with Gasteiger partial charge in [0.25, 0.3) is 5.91 Å². The molecule has 0 radical (unpaired) electrons. The molecule has 1 amide bonds. The van der Waals surface area contributed by atoms with Crippen molar-refractivity contribution in [2.75, 3.05) is 26.2 Å².